The van der Waals surface area contributed by atoms with E-state index in [2.05, 4.69) is 20.4 Å². The molecule has 4 rings (SSSR count). The molecular formula is C14H16N4O2. The van der Waals surface area contributed by atoms with Gasteiger partial charge in [-0.15, -0.1) is 0 Å². The monoisotopic (exact) mass is 272 g/mol. The minimum Gasteiger partial charge on any atom is -0.380 e. The van der Waals surface area contributed by atoms with E-state index in [0.717, 1.165) is 31.7 Å². The molecule has 2 atom stereocenters. The summed E-state index contributed by atoms with van der Waals surface area (Å²) in [5.74, 6) is 1.83. The lowest BCUT2D eigenvalue weighted by atomic mass is 9.75. The first-order valence-electron chi connectivity index (χ1n) is 6.91. The van der Waals surface area contributed by atoms with Gasteiger partial charge in [-0.1, -0.05) is 5.16 Å². The van der Waals surface area contributed by atoms with Gasteiger partial charge in [0.1, 0.15) is 0 Å². The van der Waals surface area contributed by atoms with Gasteiger partial charge in [0.2, 0.25) is 11.7 Å². The number of nitrogens with one attached hydrogen (secondary N) is 1. The van der Waals surface area contributed by atoms with Crippen LogP contribution in [0.4, 0.5) is 0 Å². The van der Waals surface area contributed by atoms with Crippen molar-refractivity contribution in [3.05, 3.63) is 30.4 Å². The van der Waals surface area contributed by atoms with Crippen molar-refractivity contribution < 1.29 is 9.26 Å². The highest BCUT2D eigenvalue weighted by Crippen LogP contribution is 2.40. The third kappa shape index (κ3) is 1.76. The number of rotatable bonds is 2. The molecule has 4 heterocycles. The molecule has 0 spiro atoms. The van der Waals surface area contributed by atoms with Gasteiger partial charge in [-0.3, -0.25) is 4.98 Å². The van der Waals surface area contributed by atoms with Crippen molar-refractivity contribution in [3.8, 4) is 11.4 Å². The van der Waals surface area contributed by atoms with E-state index in [9.17, 15) is 0 Å². The molecule has 104 valence electrons. The van der Waals surface area contributed by atoms with Crippen LogP contribution in [0.15, 0.2) is 29.0 Å². The molecule has 0 bridgehead atoms. The summed E-state index contributed by atoms with van der Waals surface area (Å²) in [5, 5.41) is 7.55. The van der Waals surface area contributed by atoms with Crippen LogP contribution >= 0.6 is 0 Å². The molecule has 0 saturated carbocycles. The quantitative estimate of drug-likeness (QED) is 0.879. The Hall–Kier alpha value is -1.79. The first-order valence-corrected chi connectivity index (χ1v) is 6.91. The van der Waals surface area contributed by atoms with E-state index in [1.807, 2.05) is 12.1 Å². The van der Waals surface area contributed by atoms with Crippen molar-refractivity contribution in [1.82, 2.24) is 20.4 Å². The summed E-state index contributed by atoms with van der Waals surface area (Å²) in [5.41, 5.74) is 0.766. The number of nitrogens with zero attached hydrogens (tertiary/aromatic N) is 3. The Morgan fingerprint density at radius 3 is 3.10 bits per heavy atom. The average molecular weight is 272 g/mol. The summed E-state index contributed by atoms with van der Waals surface area (Å²) >= 11 is 0. The molecule has 2 aromatic rings. The fraction of sp³-hybridized carbons (Fsp3) is 0.500. The zero-order valence-electron chi connectivity index (χ0n) is 11.1. The van der Waals surface area contributed by atoms with Gasteiger partial charge >= 0.3 is 0 Å². The van der Waals surface area contributed by atoms with E-state index in [0.29, 0.717) is 24.2 Å². The highest BCUT2D eigenvalue weighted by atomic mass is 16.5. The Labute approximate surface area is 116 Å². The number of aromatic nitrogens is 3. The Bertz CT molecular complexity index is 600. The zero-order chi connectivity index (χ0) is 13.4. The Morgan fingerprint density at radius 2 is 2.20 bits per heavy atom. The number of ether oxygens (including phenoxy) is 1. The number of fused-ring (bicyclic) bond motifs is 1. The summed E-state index contributed by atoms with van der Waals surface area (Å²) in [4.78, 5) is 8.62. The van der Waals surface area contributed by atoms with Gasteiger partial charge in [-0.05, 0) is 31.0 Å². The Balaban J connectivity index is 1.71. The average Bonchev–Trinajstić information content (AvgIpc) is 3.15. The predicted molar refractivity (Wildman–Crippen MR) is 71.0 cm³/mol. The first-order chi connectivity index (χ1) is 9.88. The zero-order valence-corrected chi connectivity index (χ0v) is 11.1. The van der Waals surface area contributed by atoms with Crippen LogP contribution in [0.3, 0.4) is 0 Å². The lowest BCUT2D eigenvalue weighted by Gasteiger charge is -2.34. The molecule has 2 saturated heterocycles. The minimum atomic E-state index is -0.156. The van der Waals surface area contributed by atoms with Crippen LogP contribution in [0.2, 0.25) is 0 Å². The van der Waals surface area contributed by atoms with E-state index in [-0.39, 0.29) is 5.41 Å². The van der Waals surface area contributed by atoms with E-state index in [1.54, 1.807) is 12.4 Å². The molecule has 0 aromatic carbocycles. The Kier molecular flexibility index (Phi) is 2.78. The second kappa shape index (κ2) is 4.64. The fourth-order valence-electron chi connectivity index (χ4n) is 3.19. The van der Waals surface area contributed by atoms with Gasteiger partial charge in [0.15, 0.2) is 0 Å². The van der Waals surface area contributed by atoms with Crippen LogP contribution in [-0.4, -0.2) is 41.4 Å². The molecule has 0 radical (unpaired) electrons. The van der Waals surface area contributed by atoms with E-state index >= 15 is 0 Å². The SMILES string of the molecule is c1cc(-c2noc([C@]34CNC[C@H]3CCOC4)n2)ccn1. The second-order valence-electron chi connectivity index (χ2n) is 5.48. The maximum Gasteiger partial charge on any atom is 0.237 e. The fourth-order valence-corrected chi connectivity index (χ4v) is 3.19. The summed E-state index contributed by atoms with van der Waals surface area (Å²) in [6, 6.07) is 3.77. The van der Waals surface area contributed by atoms with Crippen molar-refractivity contribution in [2.24, 2.45) is 5.92 Å². The highest BCUT2D eigenvalue weighted by Gasteiger charge is 2.50. The van der Waals surface area contributed by atoms with E-state index in [1.165, 1.54) is 0 Å². The van der Waals surface area contributed by atoms with Gasteiger partial charge < -0.3 is 14.6 Å². The van der Waals surface area contributed by atoms with Crippen molar-refractivity contribution in [1.29, 1.82) is 0 Å². The molecule has 6 heteroatoms. The molecule has 1 N–H and O–H groups in total. The third-order valence-corrected chi connectivity index (χ3v) is 4.37. The number of hydrogen-bond donors (Lipinski definition) is 1. The van der Waals surface area contributed by atoms with Crippen molar-refractivity contribution in [2.75, 3.05) is 26.3 Å². The van der Waals surface area contributed by atoms with E-state index < -0.39 is 0 Å². The standard InChI is InChI=1S/C14H16N4O2/c1-4-15-5-2-10(1)12-17-13(20-18-12)14-8-16-7-11(14)3-6-19-9-14/h1-2,4-5,11,16H,3,6-9H2/t11-,14+/m1/s1. The van der Waals surface area contributed by atoms with Crippen LogP contribution < -0.4 is 5.32 Å². The Morgan fingerprint density at radius 1 is 1.30 bits per heavy atom. The van der Waals surface area contributed by atoms with E-state index in [4.69, 9.17) is 9.26 Å². The summed E-state index contributed by atoms with van der Waals surface area (Å²) in [6.45, 7) is 3.31. The van der Waals surface area contributed by atoms with Crippen LogP contribution in [0.25, 0.3) is 11.4 Å². The molecule has 2 fully saturated rings. The maximum atomic E-state index is 5.68. The van der Waals surface area contributed by atoms with Gasteiger partial charge in [0.25, 0.3) is 0 Å². The third-order valence-electron chi connectivity index (χ3n) is 4.37. The smallest absolute Gasteiger partial charge is 0.237 e. The predicted octanol–water partition coefficient (Wildman–Crippen LogP) is 1.01. The first kappa shape index (κ1) is 12.0. The molecule has 20 heavy (non-hydrogen) atoms. The molecule has 6 nitrogen and oxygen atoms in total. The molecule has 0 aliphatic carbocycles. The normalized spacial score (nSPS) is 29.3. The highest BCUT2D eigenvalue weighted by molar-refractivity contribution is 5.52. The van der Waals surface area contributed by atoms with Crippen LogP contribution in [0.5, 0.6) is 0 Å². The van der Waals surface area contributed by atoms with Gasteiger partial charge in [0.05, 0.1) is 12.0 Å². The molecule has 2 aromatic heterocycles. The van der Waals surface area contributed by atoms with Gasteiger partial charge in [-0.25, -0.2) is 0 Å². The van der Waals surface area contributed by atoms with Gasteiger partial charge in [0, 0.05) is 31.1 Å². The second-order valence-corrected chi connectivity index (χ2v) is 5.48. The minimum absolute atomic E-state index is 0.156. The van der Waals surface area contributed by atoms with Gasteiger partial charge in [-0.2, -0.15) is 4.98 Å². The molecule has 0 unspecified atom stereocenters. The van der Waals surface area contributed by atoms with Crippen LogP contribution in [0.1, 0.15) is 12.3 Å². The summed E-state index contributed by atoms with van der Waals surface area (Å²) in [6.07, 6.45) is 4.50. The summed E-state index contributed by atoms with van der Waals surface area (Å²) < 4.78 is 11.2. The number of hydrogen-bond acceptors (Lipinski definition) is 6. The van der Waals surface area contributed by atoms with Crippen LogP contribution in [-0.2, 0) is 10.2 Å². The lowest BCUT2D eigenvalue weighted by Crippen LogP contribution is -2.44. The van der Waals surface area contributed by atoms with Crippen molar-refractivity contribution in [2.45, 2.75) is 11.8 Å². The van der Waals surface area contributed by atoms with Crippen molar-refractivity contribution >= 4 is 0 Å². The lowest BCUT2D eigenvalue weighted by molar-refractivity contribution is 0.00198. The molecule has 0 amide bonds. The largest absolute Gasteiger partial charge is 0.380 e. The summed E-state index contributed by atoms with van der Waals surface area (Å²) in [7, 11) is 0. The van der Waals surface area contributed by atoms with Crippen molar-refractivity contribution in [3.63, 3.8) is 0 Å². The maximum absolute atomic E-state index is 5.68. The topological polar surface area (TPSA) is 73.1 Å². The number of pyridine rings is 1. The molecular weight excluding hydrogens is 256 g/mol. The molecule has 2 aliphatic rings. The molecule has 2 aliphatic heterocycles. The van der Waals surface area contributed by atoms with Crippen LogP contribution in [0, 0.1) is 5.92 Å².